The van der Waals surface area contributed by atoms with Crippen molar-refractivity contribution in [1.29, 1.82) is 0 Å². The summed E-state index contributed by atoms with van der Waals surface area (Å²) in [7, 11) is 0. The van der Waals surface area contributed by atoms with Crippen LogP contribution >= 0.6 is 0 Å². The predicted molar refractivity (Wildman–Crippen MR) is 139 cm³/mol. The third-order valence-electron chi connectivity index (χ3n) is 5.29. The molecule has 0 bridgehead atoms. The summed E-state index contributed by atoms with van der Waals surface area (Å²) in [5.74, 6) is 1.32. The molecule has 0 fully saturated rings. The fourth-order valence-corrected chi connectivity index (χ4v) is 4.09. The standard InChI is InChI=1S/C28H44N2O4/c1-8-25(31)29-16-10-12-18-33-22-14-15-23(28(6,7)21-27(3,4)5)24(20-22)34-19-13-11-17-30-26(32)9-2/h8-9,14-15,20H,1-2,10-13,16-19,21H2,3-7H3,(H,29,31)(H,30,32). The zero-order valence-corrected chi connectivity index (χ0v) is 21.8. The van der Waals surface area contributed by atoms with Crippen LogP contribution in [0.15, 0.2) is 43.5 Å². The Kier molecular flexibility index (Phi) is 12.5. The van der Waals surface area contributed by atoms with Crippen LogP contribution in [0.25, 0.3) is 0 Å². The van der Waals surface area contributed by atoms with Crippen LogP contribution in [-0.4, -0.2) is 38.1 Å². The van der Waals surface area contributed by atoms with Crippen molar-refractivity contribution in [3.8, 4) is 11.5 Å². The number of unbranched alkanes of at least 4 members (excludes halogenated alkanes) is 2. The van der Waals surface area contributed by atoms with Crippen LogP contribution in [0, 0.1) is 5.41 Å². The Morgan fingerprint density at radius 1 is 0.853 bits per heavy atom. The summed E-state index contributed by atoms with van der Waals surface area (Å²) in [6.07, 6.45) is 6.90. The number of hydrogen-bond acceptors (Lipinski definition) is 4. The smallest absolute Gasteiger partial charge is 0.243 e. The molecule has 0 aliphatic carbocycles. The Morgan fingerprint density at radius 2 is 1.38 bits per heavy atom. The zero-order valence-electron chi connectivity index (χ0n) is 21.8. The Balaban J connectivity index is 2.75. The lowest BCUT2D eigenvalue weighted by Crippen LogP contribution is -2.25. The molecule has 190 valence electrons. The van der Waals surface area contributed by atoms with Gasteiger partial charge >= 0.3 is 0 Å². The molecule has 2 N–H and O–H groups in total. The fraction of sp³-hybridized carbons (Fsp3) is 0.571. The van der Waals surface area contributed by atoms with Gasteiger partial charge in [-0.25, -0.2) is 0 Å². The van der Waals surface area contributed by atoms with Gasteiger partial charge in [0.05, 0.1) is 13.2 Å². The average molecular weight is 473 g/mol. The second-order valence-corrected chi connectivity index (χ2v) is 10.4. The van der Waals surface area contributed by atoms with Crippen LogP contribution in [0.2, 0.25) is 0 Å². The number of rotatable bonds is 16. The maximum atomic E-state index is 11.3. The number of nitrogens with one attached hydrogen (secondary N) is 2. The number of ether oxygens (including phenoxy) is 2. The van der Waals surface area contributed by atoms with E-state index >= 15 is 0 Å². The van der Waals surface area contributed by atoms with Gasteiger partial charge in [-0.05, 0) is 61.2 Å². The second-order valence-electron chi connectivity index (χ2n) is 10.4. The van der Waals surface area contributed by atoms with Gasteiger partial charge in [-0.15, -0.1) is 0 Å². The molecule has 1 rings (SSSR count). The Labute approximate surface area is 206 Å². The van der Waals surface area contributed by atoms with E-state index in [0.717, 1.165) is 43.6 Å². The molecule has 0 saturated heterocycles. The normalized spacial score (nSPS) is 11.4. The van der Waals surface area contributed by atoms with Crippen molar-refractivity contribution < 1.29 is 19.1 Å². The molecule has 0 aromatic heterocycles. The summed E-state index contributed by atoms with van der Waals surface area (Å²) in [5.41, 5.74) is 1.29. The third kappa shape index (κ3) is 11.9. The minimum atomic E-state index is -0.153. The first-order chi connectivity index (χ1) is 16.0. The average Bonchev–Trinajstić information content (AvgIpc) is 2.76. The molecule has 1 aromatic rings. The first kappa shape index (κ1) is 29.3. The second kappa shape index (κ2) is 14.5. The monoisotopic (exact) mass is 472 g/mol. The Bertz CT molecular complexity index is 809. The third-order valence-corrected chi connectivity index (χ3v) is 5.29. The maximum Gasteiger partial charge on any atom is 0.243 e. The highest BCUT2D eigenvalue weighted by Crippen LogP contribution is 2.41. The van der Waals surface area contributed by atoms with Crippen molar-refractivity contribution in [1.82, 2.24) is 10.6 Å². The first-order valence-corrected chi connectivity index (χ1v) is 12.2. The van der Waals surface area contributed by atoms with Gasteiger partial charge in [-0.2, -0.15) is 0 Å². The number of carbonyl (C=O) groups excluding carboxylic acids is 2. The molecule has 0 aliphatic heterocycles. The van der Waals surface area contributed by atoms with Gasteiger partial charge in [0.2, 0.25) is 11.8 Å². The summed E-state index contributed by atoms with van der Waals surface area (Å²) in [4.78, 5) is 22.5. The summed E-state index contributed by atoms with van der Waals surface area (Å²) >= 11 is 0. The van der Waals surface area contributed by atoms with Crippen molar-refractivity contribution in [2.45, 2.75) is 72.1 Å². The maximum absolute atomic E-state index is 11.3. The van der Waals surface area contributed by atoms with Gasteiger partial charge in [0, 0.05) is 24.7 Å². The van der Waals surface area contributed by atoms with Gasteiger partial charge in [0.15, 0.2) is 0 Å². The predicted octanol–water partition coefficient (Wildman–Crippen LogP) is 5.32. The lowest BCUT2D eigenvalue weighted by Gasteiger charge is -2.34. The highest BCUT2D eigenvalue weighted by molar-refractivity contribution is 5.87. The number of amides is 2. The molecular weight excluding hydrogens is 428 g/mol. The van der Waals surface area contributed by atoms with Gasteiger partial charge in [0.25, 0.3) is 0 Å². The van der Waals surface area contributed by atoms with Gasteiger partial charge in [0.1, 0.15) is 11.5 Å². The summed E-state index contributed by atoms with van der Waals surface area (Å²) in [5, 5.41) is 5.56. The van der Waals surface area contributed by atoms with Crippen molar-refractivity contribution in [3.05, 3.63) is 49.1 Å². The minimum absolute atomic E-state index is 0.0621. The number of carbonyl (C=O) groups is 2. The Hall–Kier alpha value is -2.76. The molecule has 2 amide bonds. The molecule has 0 radical (unpaired) electrons. The minimum Gasteiger partial charge on any atom is -0.493 e. The van der Waals surface area contributed by atoms with E-state index < -0.39 is 0 Å². The SMILES string of the molecule is C=CC(=O)NCCCCOc1ccc(C(C)(C)CC(C)(C)C)c(OCCCCNC(=O)C=C)c1. The highest BCUT2D eigenvalue weighted by Gasteiger charge is 2.30. The van der Waals surface area contributed by atoms with Crippen molar-refractivity contribution in [3.63, 3.8) is 0 Å². The summed E-state index contributed by atoms with van der Waals surface area (Å²) in [6, 6.07) is 6.11. The van der Waals surface area contributed by atoms with E-state index in [0.29, 0.717) is 26.3 Å². The van der Waals surface area contributed by atoms with E-state index in [1.165, 1.54) is 17.7 Å². The van der Waals surface area contributed by atoms with Crippen LogP contribution in [0.1, 0.15) is 72.3 Å². The molecule has 0 unspecified atom stereocenters. The van der Waals surface area contributed by atoms with Crippen LogP contribution in [0.3, 0.4) is 0 Å². The molecule has 1 aromatic carbocycles. The quantitative estimate of drug-likeness (QED) is 0.252. The van der Waals surface area contributed by atoms with Crippen LogP contribution in [0.5, 0.6) is 11.5 Å². The molecule has 0 atom stereocenters. The highest BCUT2D eigenvalue weighted by atomic mass is 16.5. The lowest BCUT2D eigenvalue weighted by atomic mass is 9.72. The van der Waals surface area contributed by atoms with Crippen molar-refractivity contribution >= 4 is 11.8 Å². The molecule has 0 saturated carbocycles. The topological polar surface area (TPSA) is 76.7 Å². The van der Waals surface area contributed by atoms with E-state index in [2.05, 4.69) is 64.5 Å². The molecule has 0 spiro atoms. The largest absolute Gasteiger partial charge is 0.493 e. The summed E-state index contributed by atoms with van der Waals surface area (Å²) in [6.45, 7) is 20.5. The fourth-order valence-electron chi connectivity index (χ4n) is 4.09. The molecule has 0 aliphatic rings. The van der Waals surface area contributed by atoms with E-state index in [9.17, 15) is 9.59 Å². The van der Waals surface area contributed by atoms with Crippen LogP contribution < -0.4 is 20.1 Å². The van der Waals surface area contributed by atoms with Crippen molar-refractivity contribution in [2.75, 3.05) is 26.3 Å². The van der Waals surface area contributed by atoms with E-state index in [4.69, 9.17) is 9.47 Å². The van der Waals surface area contributed by atoms with Crippen LogP contribution in [0.4, 0.5) is 0 Å². The van der Waals surface area contributed by atoms with Gasteiger partial charge < -0.3 is 20.1 Å². The Morgan fingerprint density at radius 3 is 1.88 bits per heavy atom. The first-order valence-electron chi connectivity index (χ1n) is 12.2. The van der Waals surface area contributed by atoms with Gasteiger partial charge in [-0.1, -0.05) is 53.8 Å². The van der Waals surface area contributed by atoms with E-state index in [1.807, 2.05) is 12.1 Å². The lowest BCUT2D eigenvalue weighted by molar-refractivity contribution is -0.117. The van der Waals surface area contributed by atoms with Gasteiger partial charge in [-0.3, -0.25) is 9.59 Å². The molecule has 34 heavy (non-hydrogen) atoms. The molecule has 6 nitrogen and oxygen atoms in total. The molecular formula is C28H44N2O4. The molecule has 6 heteroatoms. The van der Waals surface area contributed by atoms with E-state index in [1.54, 1.807) is 0 Å². The number of hydrogen-bond donors (Lipinski definition) is 2. The number of benzene rings is 1. The van der Waals surface area contributed by atoms with Crippen molar-refractivity contribution in [2.24, 2.45) is 5.41 Å². The summed E-state index contributed by atoms with van der Waals surface area (Å²) < 4.78 is 12.2. The van der Waals surface area contributed by atoms with E-state index in [-0.39, 0.29) is 22.6 Å². The zero-order chi connectivity index (χ0) is 25.6. The van der Waals surface area contributed by atoms with Crippen LogP contribution in [-0.2, 0) is 15.0 Å². The molecule has 0 heterocycles.